The molecule has 1 aliphatic carbocycles. The number of piperidine rings is 1. The molecular weight excluding hydrogens is 1990 g/mol. The summed E-state index contributed by atoms with van der Waals surface area (Å²) >= 11 is 0. The second-order valence-corrected chi connectivity index (χ2v) is 42.3. The van der Waals surface area contributed by atoms with Crippen LogP contribution in [0.2, 0.25) is 0 Å². The van der Waals surface area contributed by atoms with E-state index in [4.69, 9.17) is 86.9 Å². The molecule has 5 aliphatic heterocycles. The molecule has 2 aromatic heterocycles. The Labute approximate surface area is 887 Å². The van der Waals surface area contributed by atoms with Gasteiger partial charge in [-0.15, -0.1) is 0 Å². The van der Waals surface area contributed by atoms with Crippen LogP contribution in [0.3, 0.4) is 0 Å². The van der Waals surface area contributed by atoms with Crippen LogP contribution in [0.1, 0.15) is 252 Å². The quantitative estimate of drug-likeness (QED) is 0.00286. The molecule has 0 radical (unpaired) electrons. The Hall–Kier alpha value is -9.10. The van der Waals surface area contributed by atoms with E-state index in [9.17, 15) is 68.9 Å². The molecule has 44 heteroatoms. The number of nitrogens with zero attached hydrogens (tertiary/aromatic N) is 5. The minimum Gasteiger partial charge on any atom is -0.481 e. The van der Waals surface area contributed by atoms with E-state index < -0.39 is 123 Å². The Morgan fingerprint density at radius 1 is 0.653 bits per heavy atom. The molecule has 7 heterocycles. The average molecular weight is 2160 g/mol. The lowest BCUT2D eigenvalue weighted by Gasteiger charge is -2.63. The number of ketones is 1. The number of para-hydroxylation sites is 1. The van der Waals surface area contributed by atoms with Gasteiger partial charge < -0.3 is 124 Å². The molecule has 18 atom stereocenters. The third-order valence-electron chi connectivity index (χ3n) is 28.6. The van der Waals surface area contributed by atoms with Gasteiger partial charge in [0.1, 0.15) is 43.2 Å². The van der Waals surface area contributed by atoms with E-state index in [1.807, 2.05) is 55.5 Å². The van der Waals surface area contributed by atoms with Gasteiger partial charge in [-0.1, -0.05) is 95.7 Å². The normalized spacial score (nSPS) is 22.9. The van der Waals surface area contributed by atoms with Crippen molar-refractivity contribution in [2.24, 2.45) is 11.3 Å². The molecule has 844 valence electrons. The number of carbonyl (C=O) groups is 9. The van der Waals surface area contributed by atoms with Crippen molar-refractivity contribution in [2.45, 2.75) is 343 Å². The fourth-order valence-corrected chi connectivity index (χ4v) is 22.7. The van der Waals surface area contributed by atoms with Crippen molar-refractivity contribution in [3.63, 3.8) is 0 Å². The van der Waals surface area contributed by atoms with Crippen LogP contribution >= 0.6 is 21.6 Å². The molecule has 1 saturated carbocycles. The Morgan fingerprint density at radius 3 is 1.75 bits per heavy atom. The third kappa shape index (κ3) is 36.8. The maximum atomic E-state index is 15.2. The maximum Gasteiger partial charge on any atom is 0.373 e. The number of esters is 4. The molecule has 3 fully saturated rings. The highest BCUT2D eigenvalue weighted by molar-refractivity contribution is 8.77. The number of aryl methyl sites for hydroxylation is 1. The fraction of sp³-hybridized carbons (Fsp3) is 0.708. The highest BCUT2D eigenvalue weighted by Gasteiger charge is 2.78. The topological polar surface area (TPSA) is 578 Å². The number of aromatic amines is 1. The molecule has 14 unspecified atom stereocenters. The van der Waals surface area contributed by atoms with Crippen LogP contribution < -0.4 is 20.9 Å². The Bertz CT molecular complexity index is 4930. The lowest BCUT2D eigenvalue weighted by molar-refractivity contribution is -0.385. The molecule has 2 saturated heterocycles. The zero-order valence-corrected chi connectivity index (χ0v) is 91.9. The number of pyridine rings is 1. The van der Waals surface area contributed by atoms with Gasteiger partial charge >= 0.3 is 36.0 Å². The number of carboxylic acids is 1. The standard InChI is InChI=1S/C61H87N5O12.C26H42N4O8S2.C11H20O7.C7H16O4.CO2/c1-9-41(35-67)78-51(75-8)36-77-50(70)22-16-21-49(69)62-39(5)53(71)76-29-15-14-20-48(68)61(74)55-60(25-28-66-26-17-24-59(11-3,54(60)66)56(61)72)45-31-44(38(4)30-47(45)64(55)7)57(6)32-40-33-58(73,10-2)37-65(34-40)27-23-43-42-18-12-13-19-46(42)63-52(43)57;1-6-20(7-2)38-25(36-5)18-37-24(33)12-10-21(31)27-15-8-16-28-22(32)13-14-26(3,4)40-39-23-11-9-19(17-29-23)30(34)35;1-3-8(6-12)18-11(16-2)7-17-10(15)5-4-9(13)14;1-3-6(4-8)11-7(5-9)10-2;2-1-3/h12-13,17-19,24,30-31,39-41,51,54-56,63,67,72-74H,9-11,14-16,20-23,25-29,32-37H2,1-8H3,(H,62,69);9,11,17,20,25H,6-8,10,12-16,18H2,1-5H3,(H,27,31)(H,28,32);8,11-12H,3-7H2,1-2H3,(H,13,14);6-9H,3-5H2,1-2H3;/t39?,40?,41?,51?,54?,55?,56-,57-,58?,59-,60?,61+;;;;/m1..../s1. The maximum absolute atomic E-state index is 15.2. The molecule has 42 nitrogen and oxygen atoms in total. The molecule has 4 aromatic rings. The molecule has 6 aliphatic rings. The number of aliphatic hydroxyl groups is 7. The van der Waals surface area contributed by atoms with Crippen LogP contribution in [0.5, 0.6) is 0 Å². The van der Waals surface area contributed by atoms with Crippen molar-refractivity contribution < 1.29 is 155 Å². The number of rotatable bonds is 59. The number of ether oxygens (including phenoxy) is 12. The summed E-state index contributed by atoms with van der Waals surface area (Å²) in [4.78, 5) is 152. The summed E-state index contributed by atoms with van der Waals surface area (Å²) in [6, 6.07) is 14.4. The third-order valence-corrected chi connectivity index (χ3v) is 31.9. The summed E-state index contributed by atoms with van der Waals surface area (Å²) in [7, 11) is 10.7. The number of hydrogen-bond acceptors (Lipinski definition) is 38. The molecule has 1 spiro atoms. The first kappa shape index (κ1) is 130. The van der Waals surface area contributed by atoms with Crippen molar-refractivity contribution in [2.75, 3.05) is 139 Å². The number of fused-ring (bicyclic) bond motifs is 6. The van der Waals surface area contributed by atoms with Crippen LogP contribution in [0.15, 0.2) is 71.9 Å². The second kappa shape index (κ2) is 64.3. The van der Waals surface area contributed by atoms with Gasteiger partial charge in [0.2, 0.25) is 17.7 Å². The van der Waals surface area contributed by atoms with Gasteiger partial charge in [0.25, 0.3) is 5.69 Å². The van der Waals surface area contributed by atoms with E-state index >= 15 is 4.79 Å². The number of carboxylic acid groups (broad SMARTS) is 1. The highest BCUT2D eigenvalue weighted by Crippen LogP contribution is 2.68. The van der Waals surface area contributed by atoms with Crippen molar-refractivity contribution in [3.8, 4) is 0 Å². The number of hydrogen-bond donors (Lipinski definition) is 12. The summed E-state index contributed by atoms with van der Waals surface area (Å²) in [6.07, 6.45) is 9.88. The smallest absolute Gasteiger partial charge is 0.373 e. The van der Waals surface area contributed by atoms with Gasteiger partial charge in [0.05, 0.1) is 93.3 Å². The van der Waals surface area contributed by atoms with E-state index in [0.29, 0.717) is 95.4 Å². The van der Waals surface area contributed by atoms with E-state index in [2.05, 4.69) is 117 Å². The van der Waals surface area contributed by atoms with Crippen LogP contribution in [0, 0.1) is 28.4 Å². The Morgan fingerprint density at radius 2 is 1.21 bits per heavy atom. The molecule has 2 aromatic carbocycles. The monoisotopic (exact) mass is 2160 g/mol. The lowest BCUT2D eigenvalue weighted by Crippen LogP contribution is -2.80. The largest absolute Gasteiger partial charge is 0.481 e. The SMILES string of the molecule is CCC(CC)OC(COC(=O)CCC(=O)NCCCNC(=O)CCC(C)(C)SSc1ccc([N+](=O)[O-])cn1)OC.CCC(CO)OC(CO)OC.CCC(CO)OC(COC(=O)CCC(=O)O)OC.CCC(CO)OC(COC(=O)CCCC(=O)NC(C)C(=O)OCCCCC(=O)[C@]1(O)C2N(C)c3cc(C)c([C@@]4(C)CC5CN(CCc6c4[nH]c4ccccc64)CC(O)(CC)C5)cc3C23CCN2CC=C[C@](CC)(C23)[C@H]1O)OC.O=C=O. The molecule has 12 N–H and O–H groups in total. The van der Waals surface area contributed by atoms with Crippen molar-refractivity contribution >= 4 is 103 Å². The van der Waals surface area contributed by atoms with E-state index in [1.165, 1.54) is 80.6 Å². The van der Waals surface area contributed by atoms with Crippen LogP contribution in [-0.2, 0) is 127 Å². The minimum atomic E-state index is -2.17. The molecule has 150 heavy (non-hydrogen) atoms. The number of carbonyl (C=O) groups excluding carboxylic acids is 10. The number of benzene rings is 2. The number of unbranched alkanes of at least 4 members (excludes halogenated alkanes) is 1. The van der Waals surface area contributed by atoms with E-state index in [0.717, 1.165) is 74.1 Å². The number of anilines is 1. The van der Waals surface area contributed by atoms with Crippen molar-refractivity contribution in [1.29, 1.82) is 0 Å². The van der Waals surface area contributed by atoms with Gasteiger partial charge in [-0.2, -0.15) is 9.59 Å². The zero-order chi connectivity index (χ0) is 111. The number of nitrogens with one attached hydrogen (secondary N) is 4. The van der Waals surface area contributed by atoms with Gasteiger partial charge in [-0.05, 0) is 201 Å². The summed E-state index contributed by atoms with van der Waals surface area (Å²) in [5.74, 6) is -4.36. The van der Waals surface area contributed by atoms with Gasteiger partial charge in [0.15, 0.2) is 36.5 Å². The summed E-state index contributed by atoms with van der Waals surface area (Å²) in [5.41, 5.74) is 2.87. The first-order valence-electron chi connectivity index (χ1n) is 52.1. The summed E-state index contributed by atoms with van der Waals surface area (Å²) in [5, 5.41) is 103. The number of Topliss-reactive ketones (excluding diaryl/α,β-unsaturated/α-hetero) is 1. The van der Waals surface area contributed by atoms with E-state index in [1.54, 1.807) is 16.9 Å². The van der Waals surface area contributed by atoms with Crippen LogP contribution in [-0.4, -0.2) is 349 Å². The first-order chi connectivity index (χ1) is 71.5. The molecule has 10 rings (SSSR count). The number of nitro groups is 1. The molecular formula is C106H165N9O33S2. The molecule has 2 bridgehead atoms. The number of aliphatic carboxylic acids is 1. The van der Waals surface area contributed by atoms with Crippen LogP contribution in [0.25, 0.3) is 10.9 Å². The summed E-state index contributed by atoms with van der Waals surface area (Å²) < 4.78 is 62.3. The number of H-pyrrole nitrogens is 1. The fourth-order valence-electron chi connectivity index (χ4n) is 20.5. The molecule has 3 amide bonds. The number of likely N-dealkylation sites (N-methyl/N-ethyl adjacent to an activating group) is 1. The number of methoxy groups -OCH3 is 4. The lowest BCUT2D eigenvalue weighted by atomic mass is 9.47. The predicted octanol–water partition coefficient (Wildman–Crippen LogP) is 9.38. The Kier molecular flexibility index (Phi) is 55.5. The van der Waals surface area contributed by atoms with Crippen LogP contribution in [0.4, 0.5) is 11.4 Å². The Balaban J connectivity index is 0.000000392. The number of aromatic nitrogens is 2. The number of amides is 3. The van der Waals surface area contributed by atoms with Crippen molar-refractivity contribution in [1.82, 2.24) is 35.7 Å². The zero-order valence-electron chi connectivity index (χ0n) is 90.3. The highest BCUT2D eigenvalue weighted by atomic mass is 33.1. The average Bonchev–Trinajstić information content (AvgIpc) is 1.48. The van der Waals surface area contributed by atoms with E-state index in [-0.39, 0.29) is 169 Å². The first-order valence-corrected chi connectivity index (χ1v) is 54.2. The van der Waals surface area contributed by atoms with Gasteiger partial charge in [0, 0.05) is 162 Å². The van der Waals surface area contributed by atoms with Crippen molar-refractivity contribution in [3.05, 3.63) is 105 Å². The summed E-state index contributed by atoms with van der Waals surface area (Å²) in [6.45, 7) is 27.7. The second-order valence-electron chi connectivity index (χ2n) is 39.4. The predicted molar refractivity (Wildman–Crippen MR) is 557 cm³/mol. The minimum absolute atomic E-state index is 0.0103. The van der Waals surface area contributed by atoms with Gasteiger partial charge in [-0.25, -0.2) is 9.78 Å². The number of aliphatic hydroxyl groups excluding tert-OH is 5. The van der Waals surface area contributed by atoms with Gasteiger partial charge in [-0.3, -0.25) is 58.3 Å².